The molecule has 0 bridgehead atoms. The first-order valence-corrected chi connectivity index (χ1v) is 6.15. The van der Waals surface area contributed by atoms with Gasteiger partial charge in [0.05, 0.1) is 11.3 Å². The smallest absolute Gasteiger partial charge is 0.337 e. The van der Waals surface area contributed by atoms with Gasteiger partial charge in [-0.2, -0.15) is 0 Å². The number of nitrogens with zero attached hydrogens (tertiary/aromatic N) is 1. The molecule has 1 aliphatic rings. The van der Waals surface area contributed by atoms with Gasteiger partial charge in [-0.25, -0.2) is 4.79 Å². The lowest BCUT2D eigenvalue weighted by Crippen LogP contribution is -2.27. The number of likely N-dealkylation sites (N-methyl/N-ethyl adjacent to an activating group) is 1. The minimum absolute atomic E-state index is 0.262. The first kappa shape index (κ1) is 12.7. The summed E-state index contributed by atoms with van der Waals surface area (Å²) < 4.78 is 0. The topological polar surface area (TPSA) is 78.6 Å². The molecule has 2 rings (SSSR count). The van der Waals surface area contributed by atoms with Gasteiger partial charge in [-0.15, -0.1) is 0 Å². The standard InChI is InChI=1S/C13H19N3O2/c1-16(10-3-4-10)7-6-15-12-8-9(14)2-5-11(12)13(17)18/h2,5,8,10,15H,3-4,6-7,14H2,1H3,(H,17,18). The molecule has 0 aliphatic heterocycles. The predicted octanol–water partition coefficient (Wildman–Crippen LogP) is 1.47. The van der Waals surface area contributed by atoms with E-state index in [0.717, 1.165) is 13.1 Å². The van der Waals surface area contributed by atoms with Gasteiger partial charge in [-0.05, 0) is 38.1 Å². The number of aromatic carboxylic acids is 1. The second-order valence-corrected chi connectivity index (χ2v) is 4.75. The Morgan fingerprint density at radius 2 is 2.28 bits per heavy atom. The molecule has 0 saturated heterocycles. The lowest BCUT2D eigenvalue weighted by atomic mass is 10.1. The van der Waals surface area contributed by atoms with Gasteiger partial charge in [-0.3, -0.25) is 0 Å². The third-order valence-electron chi connectivity index (χ3n) is 3.22. The molecule has 98 valence electrons. The summed E-state index contributed by atoms with van der Waals surface area (Å²) in [6.07, 6.45) is 2.55. The minimum atomic E-state index is -0.937. The van der Waals surface area contributed by atoms with Crippen LogP contribution in [0.5, 0.6) is 0 Å². The number of anilines is 2. The third kappa shape index (κ3) is 3.13. The van der Waals surface area contributed by atoms with E-state index in [4.69, 9.17) is 10.8 Å². The number of rotatable bonds is 6. The highest BCUT2D eigenvalue weighted by molar-refractivity contribution is 5.95. The monoisotopic (exact) mass is 249 g/mol. The Balaban J connectivity index is 1.94. The quantitative estimate of drug-likeness (QED) is 0.665. The molecule has 0 amide bonds. The van der Waals surface area contributed by atoms with Crippen LogP contribution in [0.1, 0.15) is 23.2 Å². The van der Waals surface area contributed by atoms with E-state index in [9.17, 15) is 4.79 Å². The highest BCUT2D eigenvalue weighted by atomic mass is 16.4. The van der Waals surface area contributed by atoms with Gasteiger partial charge in [0.1, 0.15) is 0 Å². The van der Waals surface area contributed by atoms with Gasteiger partial charge < -0.3 is 21.1 Å². The maximum atomic E-state index is 11.1. The number of hydrogen-bond donors (Lipinski definition) is 3. The minimum Gasteiger partial charge on any atom is -0.478 e. The van der Waals surface area contributed by atoms with Gasteiger partial charge in [0, 0.05) is 24.8 Å². The summed E-state index contributed by atoms with van der Waals surface area (Å²) in [7, 11) is 2.09. The molecule has 0 atom stereocenters. The van der Waals surface area contributed by atoms with E-state index in [1.165, 1.54) is 18.9 Å². The largest absolute Gasteiger partial charge is 0.478 e. The Hall–Kier alpha value is -1.75. The Labute approximate surface area is 107 Å². The summed E-state index contributed by atoms with van der Waals surface area (Å²) in [5, 5.41) is 12.2. The number of hydrogen-bond acceptors (Lipinski definition) is 4. The summed E-state index contributed by atoms with van der Waals surface area (Å²) in [5.41, 5.74) is 7.09. The molecule has 1 aliphatic carbocycles. The molecule has 5 heteroatoms. The van der Waals surface area contributed by atoms with Gasteiger partial charge in [-0.1, -0.05) is 0 Å². The first-order valence-electron chi connectivity index (χ1n) is 6.15. The Kier molecular flexibility index (Phi) is 3.72. The maximum Gasteiger partial charge on any atom is 0.337 e. The van der Waals surface area contributed by atoms with Crippen LogP contribution in [0.25, 0.3) is 0 Å². The summed E-state index contributed by atoms with van der Waals surface area (Å²) in [4.78, 5) is 13.3. The van der Waals surface area contributed by atoms with Crippen molar-refractivity contribution in [2.75, 3.05) is 31.2 Å². The maximum absolute atomic E-state index is 11.1. The molecule has 0 spiro atoms. The van der Waals surface area contributed by atoms with E-state index < -0.39 is 5.97 Å². The zero-order valence-corrected chi connectivity index (χ0v) is 10.5. The zero-order chi connectivity index (χ0) is 13.1. The van der Waals surface area contributed by atoms with Crippen LogP contribution in [0, 0.1) is 0 Å². The van der Waals surface area contributed by atoms with Crippen molar-refractivity contribution >= 4 is 17.3 Å². The molecular formula is C13H19N3O2. The molecule has 1 fully saturated rings. The van der Waals surface area contributed by atoms with Gasteiger partial charge >= 0.3 is 5.97 Å². The average Bonchev–Trinajstić information content (AvgIpc) is 3.12. The molecule has 5 nitrogen and oxygen atoms in total. The number of carbonyl (C=O) groups is 1. The fourth-order valence-corrected chi connectivity index (χ4v) is 1.96. The zero-order valence-electron chi connectivity index (χ0n) is 10.5. The summed E-state index contributed by atoms with van der Waals surface area (Å²) in [6, 6.07) is 5.52. The van der Waals surface area contributed by atoms with Crippen molar-refractivity contribution in [3.8, 4) is 0 Å². The lowest BCUT2D eigenvalue weighted by molar-refractivity contribution is 0.0698. The Morgan fingerprint density at radius 1 is 1.56 bits per heavy atom. The van der Waals surface area contributed by atoms with Crippen LogP contribution in [0.2, 0.25) is 0 Å². The molecular weight excluding hydrogens is 230 g/mol. The normalized spacial score (nSPS) is 14.8. The van der Waals surface area contributed by atoms with Crippen molar-refractivity contribution in [3.63, 3.8) is 0 Å². The van der Waals surface area contributed by atoms with Crippen LogP contribution in [0.4, 0.5) is 11.4 Å². The Bertz CT molecular complexity index is 444. The second-order valence-electron chi connectivity index (χ2n) is 4.75. The number of carboxylic acids is 1. The average molecular weight is 249 g/mol. The molecule has 1 aromatic carbocycles. The van der Waals surface area contributed by atoms with Crippen molar-refractivity contribution in [1.29, 1.82) is 0 Å². The number of nitrogens with two attached hydrogens (primary N) is 1. The Morgan fingerprint density at radius 3 is 2.89 bits per heavy atom. The van der Waals surface area contributed by atoms with Crippen LogP contribution in [-0.2, 0) is 0 Å². The van der Waals surface area contributed by atoms with Gasteiger partial charge in [0.25, 0.3) is 0 Å². The van der Waals surface area contributed by atoms with Crippen molar-refractivity contribution in [1.82, 2.24) is 4.90 Å². The highest BCUT2D eigenvalue weighted by Gasteiger charge is 2.25. The fraction of sp³-hybridized carbons (Fsp3) is 0.462. The van der Waals surface area contributed by atoms with Crippen LogP contribution in [0.3, 0.4) is 0 Å². The number of benzene rings is 1. The van der Waals surface area contributed by atoms with E-state index in [-0.39, 0.29) is 5.56 Å². The van der Waals surface area contributed by atoms with Crippen molar-refractivity contribution < 1.29 is 9.90 Å². The summed E-state index contributed by atoms with van der Waals surface area (Å²) in [6.45, 7) is 1.62. The number of carboxylic acid groups (broad SMARTS) is 1. The van der Waals surface area contributed by atoms with E-state index in [1.807, 2.05) is 0 Å². The van der Waals surface area contributed by atoms with Crippen LogP contribution >= 0.6 is 0 Å². The lowest BCUT2D eigenvalue weighted by Gasteiger charge is -2.17. The van der Waals surface area contributed by atoms with Crippen molar-refractivity contribution in [2.24, 2.45) is 0 Å². The second kappa shape index (κ2) is 5.27. The molecule has 4 N–H and O–H groups in total. The van der Waals surface area contributed by atoms with Crippen molar-refractivity contribution in [3.05, 3.63) is 23.8 Å². The molecule has 0 heterocycles. The highest BCUT2D eigenvalue weighted by Crippen LogP contribution is 2.25. The summed E-state index contributed by atoms with van der Waals surface area (Å²) in [5.74, 6) is -0.937. The van der Waals surface area contributed by atoms with Crippen molar-refractivity contribution in [2.45, 2.75) is 18.9 Å². The van der Waals surface area contributed by atoms with E-state index >= 15 is 0 Å². The van der Waals surface area contributed by atoms with E-state index in [1.54, 1.807) is 12.1 Å². The van der Waals surface area contributed by atoms with Crippen LogP contribution in [-0.4, -0.2) is 42.2 Å². The third-order valence-corrected chi connectivity index (χ3v) is 3.22. The number of nitrogens with one attached hydrogen (secondary N) is 1. The number of nitrogen functional groups attached to an aromatic ring is 1. The molecule has 18 heavy (non-hydrogen) atoms. The molecule has 1 aromatic rings. The van der Waals surface area contributed by atoms with E-state index in [2.05, 4.69) is 17.3 Å². The summed E-state index contributed by atoms with van der Waals surface area (Å²) >= 11 is 0. The van der Waals surface area contributed by atoms with Crippen LogP contribution in [0.15, 0.2) is 18.2 Å². The molecule has 0 radical (unpaired) electrons. The molecule has 1 saturated carbocycles. The predicted molar refractivity (Wildman–Crippen MR) is 72.0 cm³/mol. The van der Waals surface area contributed by atoms with Gasteiger partial charge in [0.15, 0.2) is 0 Å². The molecule has 0 unspecified atom stereocenters. The van der Waals surface area contributed by atoms with Crippen LogP contribution < -0.4 is 11.1 Å². The first-order chi connectivity index (χ1) is 8.58. The van der Waals surface area contributed by atoms with Gasteiger partial charge in [0.2, 0.25) is 0 Å². The SMILES string of the molecule is CN(CCNc1cc(N)ccc1C(=O)O)C1CC1. The van der Waals surface area contributed by atoms with E-state index in [0.29, 0.717) is 17.4 Å². The fourth-order valence-electron chi connectivity index (χ4n) is 1.96. The molecule has 0 aromatic heterocycles.